The number of ether oxygens (including phenoxy) is 1. The van der Waals surface area contributed by atoms with Crippen LogP contribution >= 0.6 is 0 Å². The Kier molecular flexibility index (Phi) is 6.01. The van der Waals surface area contributed by atoms with Gasteiger partial charge in [0.2, 0.25) is 0 Å². The van der Waals surface area contributed by atoms with Crippen molar-refractivity contribution in [1.29, 1.82) is 0 Å². The van der Waals surface area contributed by atoms with Gasteiger partial charge in [0.05, 0.1) is 0 Å². The summed E-state index contributed by atoms with van der Waals surface area (Å²) in [6.45, 7) is 1.14. The molecule has 0 aliphatic carbocycles. The lowest BCUT2D eigenvalue weighted by molar-refractivity contribution is 0.0659. The molecule has 2 aromatic rings. The first-order valence-electron chi connectivity index (χ1n) is 8.71. The number of hydrogen-bond acceptors (Lipinski definition) is 5. The molecule has 1 saturated heterocycles. The summed E-state index contributed by atoms with van der Waals surface area (Å²) in [5, 5.41) is 0. The second-order valence-electron chi connectivity index (χ2n) is 6.49. The van der Waals surface area contributed by atoms with Gasteiger partial charge in [0.1, 0.15) is 23.9 Å². The van der Waals surface area contributed by atoms with E-state index in [-0.39, 0.29) is 50.3 Å². The van der Waals surface area contributed by atoms with E-state index in [4.69, 9.17) is 9.15 Å². The molecule has 1 aromatic carbocycles. The fourth-order valence-electron chi connectivity index (χ4n) is 2.76. The van der Waals surface area contributed by atoms with Crippen LogP contribution in [0.3, 0.4) is 0 Å². The molecular formula is C18H22FN3O5S. The van der Waals surface area contributed by atoms with E-state index >= 15 is 0 Å². The maximum Gasteiger partial charge on any atom is 0.289 e. The number of rotatable bonds is 6. The lowest BCUT2D eigenvalue weighted by Crippen LogP contribution is -2.53. The van der Waals surface area contributed by atoms with Gasteiger partial charge in [0.15, 0.2) is 5.76 Å². The molecule has 1 fully saturated rings. The van der Waals surface area contributed by atoms with Crippen molar-refractivity contribution in [3.8, 4) is 5.75 Å². The van der Waals surface area contributed by atoms with E-state index in [9.17, 15) is 17.6 Å². The van der Waals surface area contributed by atoms with Crippen LogP contribution in [0.5, 0.6) is 5.75 Å². The lowest BCUT2D eigenvalue weighted by Gasteiger charge is -2.34. The zero-order valence-corrected chi connectivity index (χ0v) is 16.5. The molecule has 1 amide bonds. The third-order valence-corrected chi connectivity index (χ3v) is 6.32. The van der Waals surface area contributed by atoms with Gasteiger partial charge in [-0.3, -0.25) is 4.79 Å². The van der Waals surface area contributed by atoms with Gasteiger partial charge in [0.25, 0.3) is 16.1 Å². The maximum absolute atomic E-state index is 12.9. The summed E-state index contributed by atoms with van der Waals surface area (Å²) < 4.78 is 50.7. The average Bonchev–Trinajstić information content (AvgIpc) is 3.16. The predicted octanol–water partition coefficient (Wildman–Crippen LogP) is 1.56. The molecule has 0 saturated carbocycles. The van der Waals surface area contributed by atoms with Crippen LogP contribution in [-0.2, 0) is 16.8 Å². The van der Waals surface area contributed by atoms with Crippen LogP contribution in [0.25, 0.3) is 0 Å². The highest BCUT2D eigenvalue weighted by molar-refractivity contribution is 7.86. The van der Waals surface area contributed by atoms with Crippen molar-refractivity contribution in [2.24, 2.45) is 0 Å². The zero-order chi connectivity index (χ0) is 20.3. The number of amides is 1. The number of piperazine rings is 1. The number of halogens is 1. The number of carbonyl (C=O) groups is 1. The first-order chi connectivity index (χ1) is 13.3. The largest absolute Gasteiger partial charge is 0.486 e. The number of carbonyl (C=O) groups excluding carboxylic acids is 1. The van der Waals surface area contributed by atoms with Crippen molar-refractivity contribution in [2.45, 2.75) is 6.61 Å². The Bertz CT molecular complexity index is 919. The summed E-state index contributed by atoms with van der Waals surface area (Å²) >= 11 is 0. The topological polar surface area (TPSA) is 83.3 Å². The Morgan fingerprint density at radius 1 is 1.11 bits per heavy atom. The summed E-state index contributed by atoms with van der Waals surface area (Å²) in [5.74, 6) is 0.471. The molecule has 0 bridgehead atoms. The third-order valence-electron chi connectivity index (χ3n) is 4.38. The molecule has 1 aliphatic heterocycles. The van der Waals surface area contributed by atoms with E-state index in [0.717, 1.165) is 4.31 Å². The van der Waals surface area contributed by atoms with E-state index in [2.05, 4.69) is 0 Å². The van der Waals surface area contributed by atoms with E-state index in [1.807, 2.05) is 0 Å². The van der Waals surface area contributed by atoms with Crippen LogP contribution in [0.15, 0.2) is 40.8 Å². The first kappa shape index (κ1) is 20.3. The smallest absolute Gasteiger partial charge is 0.289 e. The molecule has 152 valence electrons. The quantitative estimate of drug-likeness (QED) is 0.721. The minimum absolute atomic E-state index is 0.105. The second kappa shape index (κ2) is 8.29. The van der Waals surface area contributed by atoms with Gasteiger partial charge in [-0.1, -0.05) is 0 Å². The molecule has 0 radical (unpaired) electrons. The SMILES string of the molecule is CN(C)S(=O)(=O)N1CCN(C(=O)c2ccc(COc3ccc(F)cc3)o2)CC1. The van der Waals surface area contributed by atoms with Crippen molar-refractivity contribution in [3.05, 3.63) is 53.7 Å². The molecule has 28 heavy (non-hydrogen) atoms. The molecule has 8 nitrogen and oxygen atoms in total. The maximum atomic E-state index is 12.9. The van der Waals surface area contributed by atoms with Gasteiger partial charge in [-0.2, -0.15) is 17.0 Å². The predicted molar refractivity (Wildman–Crippen MR) is 99.5 cm³/mol. The van der Waals surface area contributed by atoms with E-state index in [1.54, 1.807) is 17.0 Å². The first-order valence-corrected chi connectivity index (χ1v) is 10.1. The fraction of sp³-hybridized carbons (Fsp3) is 0.389. The number of furan rings is 1. The minimum Gasteiger partial charge on any atom is -0.486 e. The molecule has 1 aromatic heterocycles. The van der Waals surface area contributed by atoms with E-state index in [1.165, 1.54) is 42.7 Å². The van der Waals surface area contributed by atoms with Crippen LogP contribution in [0.4, 0.5) is 4.39 Å². The molecule has 0 unspecified atom stereocenters. The van der Waals surface area contributed by atoms with Crippen molar-refractivity contribution in [2.75, 3.05) is 40.3 Å². The monoisotopic (exact) mass is 411 g/mol. The van der Waals surface area contributed by atoms with Gasteiger partial charge in [0, 0.05) is 40.3 Å². The average molecular weight is 411 g/mol. The van der Waals surface area contributed by atoms with E-state index in [0.29, 0.717) is 11.5 Å². The molecular weight excluding hydrogens is 389 g/mol. The van der Waals surface area contributed by atoms with E-state index < -0.39 is 10.2 Å². The Morgan fingerprint density at radius 3 is 2.36 bits per heavy atom. The highest BCUT2D eigenvalue weighted by Gasteiger charge is 2.31. The second-order valence-corrected chi connectivity index (χ2v) is 8.63. The molecule has 10 heteroatoms. The number of benzene rings is 1. The highest BCUT2D eigenvalue weighted by Crippen LogP contribution is 2.17. The van der Waals surface area contributed by atoms with Crippen molar-refractivity contribution < 1.29 is 26.8 Å². The van der Waals surface area contributed by atoms with Crippen molar-refractivity contribution in [1.82, 2.24) is 13.5 Å². The molecule has 2 heterocycles. The summed E-state index contributed by atoms with van der Waals surface area (Å²) in [7, 11) is -0.526. The molecule has 0 spiro atoms. The van der Waals surface area contributed by atoms with Gasteiger partial charge in [-0.25, -0.2) is 4.39 Å². The van der Waals surface area contributed by atoms with Crippen LogP contribution in [-0.4, -0.2) is 68.1 Å². The van der Waals surface area contributed by atoms with Gasteiger partial charge < -0.3 is 14.1 Å². The normalized spacial score (nSPS) is 15.8. The number of hydrogen-bond donors (Lipinski definition) is 0. The highest BCUT2D eigenvalue weighted by atomic mass is 32.2. The molecule has 0 N–H and O–H groups in total. The van der Waals surface area contributed by atoms with Crippen LogP contribution in [0.1, 0.15) is 16.3 Å². The van der Waals surface area contributed by atoms with Gasteiger partial charge in [-0.15, -0.1) is 0 Å². The van der Waals surface area contributed by atoms with Crippen molar-refractivity contribution in [3.63, 3.8) is 0 Å². The summed E-state index contributed by atoms with van der Waals surface area (Å²) in [5.41, 5.74) is 0. The third kappa shape index (κ3) is 4.51. The molecule has 0 atom stereocenters. The fourth-order valence-corrected chi connectivity index (χ4v) is 3.85. The minimum atomic E-state index is -3.48. The van der Waals surface area contributed by atoms with Crippen molar-refractivity contribution >= 4 is 16.1 Å². The summed E-state index contributed by atoms with van der Waals surface area (Å²) in [6.07, 6.45) is 0. The Hall–Kier alpha value is -2.43. The van der Waals surface area contributed by atoms with Crippen LogP contribution in [0.2, 0.25) is 0 Å². The van der Waals surface area contributed by atoms with Crippen LogP contribution in [0, 0.1) is 5.82 Å². The standard InChI is InChI=1S/C18H22FN3O5S/c1-20(2)28(24,25)22-11-9-21(10-12-22)18(23)17-8-7-16(27-17)13-26-15-5-3-14(19)4-6-15/h3-8H,9-13H2,1-2H3. The Labute approximate surface area is 163 Å². The Morgan fingerprint density at radius 2 is 1.75 bits per heavy atom. The van der Waals surface area contributed by atoms with Gasteiger partial charge in [-0.05, 0) is 36.4 Å². The van der Waals surface area contributed by atoms with Crippen LogP contribution < -0.4 is 4.74 Å². The summed E-state index contributed by atoms with van der Waals surface area (Å²) in [6, 6.07) is 8.81. The molecule has 3 rings (SSSR count). The van der Waals surface area contributed by atoms with Gasteiger partial charge >= 0.3 is 0 Å². The summed E-state index contributed by atoms with van der Waals surface area (Å²) in [4.78, 5) is 14.1. The lowest BCUT2D eigenvalue weighted by atomic mass is 10.3. The Balaban J connectivity index is 1.55. The molecule has 1 aliphatic rings. The number of nitrogens with zero attached hydrogens (tertiary/aromatic N) is 3. The zero-order valence-electron chi connectivity index (χ0n) is 15.7.